The summed E-state index contributed by atoms with van der Waals surface area (Å²) >= 11 is 5.46. The Bertz CT molecular complexity index is 1100. The predicted molar refractivity (Wildman–Crippen MR) is 120 cm³/mol. The first kappa shape index (κ1) is 21.4. The van der Waals surface area contributed by atoms with E-state index in [0.717, 1.165) is 12.8 Å². The second-order valence-corrected chi connectivity index (χ2v) is 7.94. The van der Waals surface area contributed by atoms with Crippen LogP contribution in [-0.2, 0) is 13.1 Å². The van der Waals surface area contributed by atoms with Gasteiger partial charge in [-0.25, -0.2) is 4.68 Å². The van der Waals surface area contributed by atoms with Gasteiger partial charge in [0.15, 0.2) is 11.5 Å². The second kappa shape index (κ2) is 9.11. The third kappa shape index (κ3) is 4.18. The maximum absolute atomic E-state index is 5.82. The molecule has 0 saturated heterocycles. The fourth-order valence-electron chi connectivity index (χ4n) is 4.21. The summed E-state index contributed by atoms with van der Waals surface area (Å²) in [5, 5.41) is 4.63. The number of methoxy groups -OCH3 is 3. The van der Waals surface area contributed by atoms with Gasteiger partial charge >= 0.3 is 0 Å². The number of aromatic nitrogens is 2. The Kier molecular flexibility index (Phi) is 6.29. The van der Waals surface area contributed by atoms with Gasteiger partial charge in [0.1, 0.15) is 0 Å². The zero-order valence-corrected chi connectivity index (χ0v) is 19.1. The van der Waals surface area contributed by atoms with E-state index in [-0.39, 0.29) is 0 Å². The van der Waals surface area contributed by atoms with Gasteiger partial charge in [-0.3, -0.25) is 4.90 Å². The van der Waals surface area contributed by atoms with Gasteiger partial charge in [0, 0.05) is 11.6 Å². The topological polar surface area (TPSA) is 61.9 Å². The van der Waals surface area contributed by atoms with Crippen LogP contribution in [0.5, 0.6) is 17.2 Å². The van der Waals surface area contributed by atoms with Crippen LogP contribution in [0.4, 0.5) is 0 Å². The Morgan fingerprint density at radius 2 is 1.84 bits per heavy atom. The quantitative estimate of drug-likeness (QED) is 0.485. The lowest BCUT2D eigenvalue weighted by atomic mass is 9.87. The van der Waals surface area contributed by atoms with Gasteiger partial charge in [-0.05, 0) is 61.8 Å². The number of benzene rings is 2. The number of hydrogen-bond donors (Lipinski definition) is 0. The minimum atomic E-state index is 0.319. The Morgan fingerprint density at radius 1 is 1.13 bits per heavy atom. The van der Waals surface area contributed by atoms with Crippen LogP contribution in [0, 0.1) is 4.84 Å². The molecule has 0 N–H and O–H groups in total. The van der Waals surface area contributed by atoms with E-state index in [4.69, 9.17) is 30.8 Å². The van der Waals surface area contributed by atoms with Crippen molar-refractivity contribution in [1.82, 2.24) is 14.7 Å². The molecule has 0 radical (unpaired) electrons. The highest BCUT2D eigenvalue weighted by molar-refractivity contribution is 7.71. The Morgan fingerprint density at radius 3 is 2.52 bits per heavy atom. The second-order valence-electron chi connectivity index (χ2n) is 7.59. The van der Waals surface area contributed by atoms with Gasteiger partial charge in [-0.2, -0.15) is 0 Å². The van der Waals surface area contributed by atoms with Gasteiger partial charge in [-0.15, -0.1) is 5.10 Å². The van der Waals surface area contributed by atoms with E-state index < -0.39 is 0 Å². The SMILES string of the molecule is COc1cc(-c2nn(CN(C)[C@@H]3CCCc4ccccc43)c(=S)o2)cc(OC)c1OC. The van der Waals surface area contributed by atoms with Crippen molar-refractivity contribution in [3.8, 4) is 28.7 Å². The van der Waals surface area contributed by atoms with Crippen molar-refractivity contribution < 1.29 is 18.6 Å². The largest absolute Gasteiger partial charge is 0.493 e. The van der Waals surface area contributed by atoms with E-state index in [0.29, 0.717) is 46.3 Å². The molecule has 0 fully saturated rings. The van der Waals surface area contributed by atoms with Gasteiger partial charge in [0.2, 0.25) is 11.6 Å². The molecule has 7 nitrogen and oxygen atoms in total. The van der Waals surface area contributed by atoms with E-state index in [1.807, 2.05) is 0 Å². The van der Waals surface area contributed by atoms with Crippen molar-refractivity contribution in [3.05, 3.63) is 52.4 Å². The minimum Gasteiger partial charge on any atom is -0.493 e. The fraction of sp³-hybridized carbons (Fsp3) is 0.391. The lowest BCUT2D eigenvalue weighted by Gasteiger charge is -2.32. The van der Waals surface area contributed by atoms with Crippen molar-refractivity contribution in [2.75, 3.05) is 28.4 Å². The monoisotopic (exact) mass is 441 g/mol. The van der Waals surface area contributed by atoms with Crippen LogP contribution in [0.1, 0.15) is 30.0 Å². The molecule has 0 aliphatic heterocycles. The van der Waals surface area contributed by atoms with Crippen LogP contribution in [0.25, 0.3) is 11.5 Å². The molecular weight excluding hydrogens is 414 g/mol. The Balaban J connectivity index is 1.61. The van der Waals surface area contributed by atoms with Crippen LogP contribution >= 0.6 is 12.2 Å². The lowest BCUT2D eigenvalue weighted by Crippen LogP contribution is -2.30. The van der Waals surface area contributed by atoms with Gasteiger partial charge in [0.05, 0.1) is 28.0 Å². The van der Waals surface area contributed by atoms with Crippen molar-refractivity contribution >= 4 is 12.2 Å². The first-order valence-electron chi connectivity index (χ1n) is 10.2. The maximum Gasteiger partial charge on any atom is 0.288 e. The molecule has 164 valence electrons. The molecular formula is C23H27N3O4S. The van der Waals surface area contributed by atoms with Gasteiger partial charge < -0.3 is 18.6 Å². The summed E-state index contributed by atoms with van der Waals surface area (Å²) < 4.78 is 23.8. The van der Waals surface area contributed by atoms with E-state index in [1.165, 1.54) is 17.5 Å². The third-order valence-electron chi connectivity index (χ3n) is 5.74. The molecule has 3 aromatic rings. The minimum absolute atomic E-state index is 0.319. The van der Waals surface area contributed by atoms with E-state index >= 15 is 0 Å². The van der Waals surface area contributed by atoms with Gasteiger partial charge in [0.25, 0.3) is 4.84 Å². The zero-order valence-electron chi connectivity index (χ0n) is 18.3. The predicted octanol–water partition coefficient (Wildman–Crippen LogP) is 4.87. The summed E-state index contributed by atoms with van der Waals surface area (Å²) in [5.41, 5.74) is 3.51. The Labute approximate surface area is 187 Å². The standard InChI is InChI=1S/C23H27N3O4S/c1-25(18-11-7-9-15-8-5-6-10-17(15)18)14-26-23(31)30-22(24-26)16-12-19(27-2)21(29-4)20(13-16)28-3/h5-6,8,10,12-13,18H,7,9,11,14H2,1-4H3/t18-/m1/s1. The zero-order chi connectivity index (χ0) is 22.0. The lowest BCUT2D eigenvalue weighted by molar-refractivity contribution is 0.164. The molecule has 2 aromatic carbocycles. The molecule has 1 heterocycles. The van der Waals surface area contributed by atoms with Crippen molar-refractivity contribution in [1.29, 1.82) is 0 Å². The third-order valence-corrected chi connectivity index (χ3v) is 6.04. The first-order chi connectivity index (χ1) is 15.0. The molecule has 1 aromatic heterocycles. The van der Waals surface area contributed by atoms with Crippen LogP contribution in [-0.4, -0.2) is 43.1 Å². The summed E-state index contributed by atoms with van der Waals surface area (Å²) in [4.78, 5) is 2.59. The van der Waals surface area contributed by atoms with Gasteiger partial charge in [-0.1, -0.05) is 24.3 Å². The van der Waals surface area contributed by atoms with E-state index in [1.54, 1.807) is 38.1 Å². The Hall–Kier alpha value is -2.84. The fourth-order valence-corrected chi connectivity index (χ4v) is 4.39. The first-order valence-corrected chi connectivity index (χ1v) is 10.6. The average Bonchev–Trinajstić information content (AvgIpc) is 3.17. The average molecular weight is 442 g/mol. The molecule has 1 aliphatic carbocycles. The molecule has 1 atom stereocenters. The highest BCUT2D eigenvalue weighted by Gasteiger charge is 2.24. The van der Waals surface area contributed by atoms with Crippen LogP contribution in [0.2, 0.25) is 0 Å². The summed E-state index contributed by atoms with van der Waals surface area (Å²) in [6, 6.07) is 12.6. The molecule has 31 heavy (non-hydrogen) atoms. The van der Waals surface area contributed by atoms with Crippen LogP contribution < -0.4 is 14.2 Å². The molecule has 0 spiro atoms. The maximum atomic E-state index is 5.82. The summed E-state index contributed by atoms with van der Waals surface area (Å²) in [6.45, 7) is 0.533. The highest BCUT2D eigenvalue weighted by atomic mass is 32.1. The molecule has 0 bridgehead atoms. The number of fused-ring (bicyclic) bond motifs is 1. The van der Waals surface area contributed by atoms with Crippen molar-refractivity contribution in [3.63, 3.8) is 0 Å². The van der Waals surface area contributed by atoms with Crippen LogP contribution in [0.15, 0.2) is 40.8 Å². The molecule has 0 saturated carbocycles. The summed E-state index contributed by atoms with van der Waals surface area (Å²) in [6.07, 6.45) is 3.42. The number of nitrogens with zero attached hydrogens (tertiary/aromatic N) is 3. The van der Waals surface area contributed by atoms with E-state index in [9.17, 15) is 0 Å². The number of hydrogen-bond acceptors (Lipinski definition) is 7. The number of aryl methyl sites for hydroxylation is 1. The molecule has 8 heteroatoms. The van der Waals surface area contributed by atoms with Crippen molar-refractivity contribution in [2.45, 2.75) is 32.0 Å². The van der Waals surface area contributed by atoms with E-state index in [2.05, 4.69) is 41.3 Å². The highest BCUT2D eigenvalue weighted by Crippen LogP contribution is 2.41. The molecule has 4 rings (SSSR count). The molecule has 1 aliphatic rings. The smallest absolute Gasteiger partial charge is 0.288 e. The molecule has 0 amide bonds. The summed E-state index contributed by atoms with van der Waals surface area (Å²) in [7, 11) is 6.82. The summed E-state index contributed by atoms with van der Waals surface area (Å²) in [5.74, 6) is 1.98. The van der Waals surface area contributed by atoms with Crippen LogP contribution in [0.3, 0.4) is 0 Å². The number of ether oxygens (including phenoxy) is 3. The molecule has 0 unspecified atom stereocenters. The normalized spacial score (nSPS) is 15.6. The van der Waals surface area contributed by atoms with Crippen molar-refractivity contribution in [2.24, 2.45) is 0 Å². The number of rotatable bonds is 7.